The predicted octanol–water partition coefficient (Wildman–Crippen LogP) is 5.50. The van der Waals surface area contributed by atoms with Gasteiger partial charge in [0.05, 0.1) is 23.2 Å². The van der Waals surface area contributed by atoms with Gasteiger partial charge in [-0.3, -0.25) is 19.3 Å². The largest absolute Gasteiger partial charge is 0.450 e. The number of carbonyl (C=O) groups excluding carboxylic acids is 2. The lowest BCUT2D eigenvalue weighted by Crippen LogP contribution is -2.53. The van der Waals surface area contributed by atoms with Gasteiger partial charge in [-0.1, -0.05) is 59.2 Å². The van der Waals surface area contributed by atoms with Crippen LogP contribution < -0.4 is 15.2 Å². The number of para-hydroxylation sites is 1. The number of carbonyl (C=O) groups is 2. The Bertz CT molecular complexity index is 1930. The first-order valence-electron chi connectivity index (χ1n) is 12.3. The first-order valence-corrected chi connectivity index (χ1v) is 12.7. The maximum atomic E-state index is 14.8. The van der Waals surface area contributed by atoms with E-state index in [1.54, 1.807) is 36.1 Å². The number of fused-ring (bicyclic) bond motifs is 5. The van der Waals surface area contributed by atoms with Gasteiger partial charge in [0.15, 0.2) is 16.8 Å². The van der Waals surface area contributed by atoms with E-state index in [1.165, 1.54) is 17.0 Å². The first kappa shape index (κ1) is 23.4. The topological polar surface area (TPSA) is 96.9 Å². The lowest BCUT2D eigenvalue weighted by Gasteiger charge is -2.32. The smallest absolute Gasteiger partial charge is 0.297 e. The quantitative estimate of drug-likeness (QED) is 0.301. The van der Waals surface area contributed by atoms with Crippen molar-refractivity contribution in [2.24, 2.45) is 0 Å². The fraction of sp³-hybridized carbons (Fsp3) is 0.133. The Morgan fingerprint density at radius 3 is 2.49 bits per heavy atom. The summed E-state index contributed by atoms with van der Waals surface area (Å²) in [6, 6.07) is 21.1. The maximum Gasteiger partial charge on any atom is 0.297 e. The molecule has 2 aliphatic heterocycles. The van der Waals surface area contributed by atoms with E-state index in [9.17, 15) is 14.4 Å². The number of rotatable bonds is 3. The molecule has 192 valence electrons. The minimum Gasteiger partial charge on any atom is -0.450 e. The molecule has 2 aliphatic rings. The van der Waals surface area contributed by atoms with Crippen LogP contribution in [-0.2, 0) is 16.9 Å². The summed E-state index contributed by atoms with van der Waals surface area (Å²) in [4.78, 5) is 46.0. The highest BCUT2D eigenvalue weighted by Crippen LogP contribution is 2.54. The highest BCUT2D eigenvalue weighted by atomic mass is 35.5. The molecule has 2 amide bonds. The zero-order chi connectivity index (χ0) is 27.1. The third kappa shape index (κ3) is 3.06. The number of hydrogen-bond acceptors (Lipinski definition) is 6. The number of benzene rings is 3. The number of nitrogens with zero attached hydrogens (tertiary/aromatic N) is 3. The third-order valence-electron chi connectivity index (χ3n) is 7.52. The molecule has 0 fully saturated rings. The molecule has 1 spiro atoms. The van der Waals surface area contributed by atoms with Crippen LogP contribution >= 0.6 is 11.6 Å². The van der Waals surface area contributed by atoms with Crippen molar-refractivity contribution in [3.05, 3.63) is 122 Å². The summed E-state index contributed by atoms with van der Waals surface area (Å²) in [6.07, 6.45) is 0. The molecule has 3 aromatic carbocycles. The fourth-order valence-electron chi connectivity index (χ4n) is 5.75. The molecule has 39 heavy (non-hydrogen) atoms. The van der Waals surface area contributed by atoms with Crippen molar-refractivity contribution in [2.75, 3.05) is 9.80 Å². The van der Waals surface area contributed by atoms with Gasteiger partial charge >= 0.3 is 0 Å². The van der Waals surface area contributed by atoms with Gasteiger partial charge in [-0.15, -0.1) is 0 Å². The second-order valence-corrected chi connectivity index (χ2v) is 10.2. The first-order chi connectivity index (χ1) is 18.8. The van der Waals surface area contributed by atoms with Crippen LogP contribution in [0.4, 0.5) is 11.5 Å². The van der Waals surface area contributed by atoms with Gasteiger partial charge in [-0.05, 0) is 49.2 Å². The Morgan fingerprint density at radius 1 is 0.949 bits per heavy atom. The van der Waals surface area contributed by atoms with E-state index in [0.29, 0.717) is 22.0 Å². The highest BCUT2D eigenvalue weighted by Gasteiger charge is 2.66. The summed E-state index contributed by atoms with van der Waals surface area (Å²) >= 11 is 6.23. The van der Waals surface area contributed by atoms with Crippen molar-refractivity contribution in [3.8, 4) is 0 Å². The molecule has 5 aromatic rings. The summed E-state index contributed by atoms with van der Waals surface area (Å²) in [5.41, 5.74) is 0.775. The SMILES string of the molecule is Cc1cc(N2C(=O)c3oc4ccc(Cl)cc4c(=O)c3C23C(=O)N(Cc2ccccc2C)c2ccccc23)no1. The molecule has 8 nitrogen and oxygen atoms in total. The molecular formula is C30H20ClN3O5. The zero-order valence-corrected chi connectivity index (χ0v) is 21.7. The van der Waals surface area contributed by atoms with Crippen LogP contribution in [0.25, 0.3) is 11.0 Å². The van der Waals surface area contributed by atoms with Crippen LogP contribution in [0.1, 0.15) is 38.6 Å². The van der Waals surface area contributed by atoms with E-state index < -0.39 is 22.8 Å². The summed E-state index contributed by atoms with van der Waals surface area (Å²) in [7, 11) is 0. The molecule has 0 saturated carbocycles. The second-order valence-electron chi connectivity index (χ2n) is 9.76. The minimum atomic E-state index is -1.86. The monoisotopic (exact) mass is 537 g/mol. The Morgan fingerprint density at radius 2 is 1.72 bits per heavy atom. The molecule has 0 N–H and O–H groups in total. The lowest BCUT2D eigenvalue weighted by molar-refractivity contribution is -0.121. The van der Waals surface area contributed by atoms with Crippen LogP contribution in [0, 0.1) is 13.8 Å². The minimum absolute atomic E-state index is 0.0624. The van der Waals surface area contributed by atoms with E-state index in [4.69, 9.17) is 20.5 Å². The normalized spacial score (nSPS) is 17.9. The number of halogens is 1. The molecule has 7 rings (SSSR count). The summed E-state index contributed by atoms with van der Waals surface area (Å²) in [6.45, 7) is 3.90. The van der Waals surface area contributed by atoms with Crippen molar-refractivity contribution < 1.29 is 18.5 Å². The van der Waals surface area contributed by atoms with Gasteiger partial charge < -0.3 is 13.8 Å². The number of anilines is 2. The summed E-state index contributed by atoms with van der Waals surface area (Å²) in [5.74, 6) is -0.792. The van der Waals surface area contributed by atoms with Crippen molar-refractivity contribution in [1.82, 2.24) is 5.16 Å². The van der Waals surface area contributed by atoms with Crippen molar-refractivity contribution in [1.29, 1.82) is 0 Å². The molecule has 0 saturated heterocycles. The molecule has 0 bridgehead atoms. The van der Waals surface area contributed by atoms with Crippen molar-refractivity contribution >= 4 is 45.9 Å². The van der Waals surface area contributed by atoms with Gasteiger partial charge in [-0.2, -0.15) is 0 Å². The van der Waals surface area contributed by atoms with E-state index >= 15 is 0 Å². The average molecular weight is 538 g/mol. The summed E-state index contributed by atoms with van der Waals surface area (Å²) < 4.78 is 11.4. The number of hydrogen-bond donors (Lipinski definition) is 0. The average Bonchev–Trinajstić information content (AvgIpc) is 3.54. The molecule has 2 aromatic heterocycles. The molecule has 9 heteroatoms. The maximum absolute atomic E-state index is 14.8. The zero-order valence-electron chi connectivity index (χ0n) is 20.9. The molecule has 1 atom stereocenters. The van der Waals surface area contributed by atoms with Gasteiger partial charge in [0.1, 0.15) is 11.3 Å². The van der Waals surface area contributed by atoms with Crippen LogP contribution in [0.5, 0.6) is 0 Å². The fourth-order valence-corrected chi connectivity index (χ4v) is 5.93. The third-order valence-corrected chi connectivity index (χ3v) is 7.76. The van der Waals surface area contributed by atoms with Crippen LogP contribution in [0.3, 0.4) is 0 Å². The van der Waals surface area contributed by atoms with Gasteiger partial charge in [0, 0.05) is 16.7 Å². The Hall–Kier alpha value is -4.69. The Kier molecular flexibility index (Phi) is 4.90. The van der Waals surface area contributed by atoms with E-state index in [-0.39, 0.29) is 34.7 Å². The van der Waals surface area contributed by atoms with Crippen molar-refractivity contribution in [3.63, 3.8) is 0 Å². The molecule has 1 unspecified atom stereocenters. The number of aromatic nitrogens is 1. The predicted molar refractivity (Wildman–Crippen MR) is 145 cm³/mol. The van der Waals surface area contributed by atoms with E-state index in [1.807, 2.05) is 43.3 Å². The highest BCUT2D eigenvalue weighted by molar-refractivity contribution is 6.31. The number of amides is 2. The van der Waals surface area contributed by atoms with E-state index in [2.05, 4.69) is 5.16 Å². The Balaban J connectivity index is 1.57. The van der Waals surface area contributed by atoms with E-state index in [0.717, 1.165) is 11.1 Å². The lowest BCUT2D eigenvalue weighted by atomic mass is 9.84. The van der Waals surface area contributed by atoms with Crippen LogP contribution in [0.15, 0.2) is 86.5 Å². The second kappa shape index (κ2) is 8.15. The van der Waals surface area contributed by atoms with Crippen LogP contribution in [0.2, 0.25) is 5.02 Å². The van der Waals surface area contributed by atoms with Gasteiger partial charge in [-0.25, -0.2) is 0 Å². The number of aryl methyl sites for hydroxylation is 2. The standard InChI is InChI=1S/C30H20ClN3O5/c1-16-7-3-4-8-18(16)15-33-22-10-6-5-9-21(22)30(29(33)37)25-26(35)20-14-19(31)11-12-23(20)38-27(25)28(36)34(30)24-13-17(2)39-32-24/h3-14H,15H2,1-2H3. The molecule has 0 aliphatic carbocycles. The molecular weight excluding hydrogens is 518 g/mol. The summed E-state index contributed by atoms with van der Waals surface area (Å²) in [5, 5.41) is 4.59. The molecule has 0 radical (unpaired) electrons. The Labute approximate surface area is 227 Å². The van der Waals surface area contributed by atoms with Crippen molar-refractivity contribution in [2.45, 2.75) is 25.9 Å². The van der Waals surface area contributed by atoms with Crippen LogP contribution in [-0.4, -0.2) is 17.0 Å². The van der Waals surface area contributed by atoms with Gasteiger partial charge in [0.2, 0.25) is 5.76 Å². The van der Waals surface area contributed by atoms with Gasteiger partial charge in [0.25, 0.3) is 11.8 Å². The molecule has 4 heterocycles.